The Labute approximate surface area is 161 Å². The van der Waals surface area contributed by atoms with E-state index in [1.165, 1.54) is 14.2 Å². The Hall–Kier alpha value is -2.59. The number of esters is 1. The third-order valence-electron chi connectivity index (χ3n) is 2.91. The normalized spacial score (nSPS) is 11.6. The van der Waals surface area contributed by atoms with Gasteiger partial charge in [0.2, 0.25) is 0 Å². The van der Waals surface area contributed by atoms with Crippen LogP contribution in [0.5, 0.6) is 11.5 Å². The first kappa shape index (κ1) is 21.5. The number of ether oxygens (including phenoxy) is 3. The Kier molecular flexibility index (Phi) is 8.59. The van der Waals surface area contributed by atoms with Gasteiger partial charge in [-0.25, -0.2) is 4.79 Å². The topological polar surface area (TPSA) is 120 Å². The van der Waals surface area contributed by atoms with Crippen molar-refractivity contribution in [2.24, 2.45) is 15.9 Å². The van der Waals surface area contributed by atoms with Crippen LogP contribution in [-0.4, -0.2) is 43.3 Å². The van der Waals surface area contributed by atoms with E-state index in [0.29, 0.717) is 22.2 Å². The van der Waals surface area contributed by atoms with Crippen LogP contribution in [0.15, 0.2) is 22.3 Å². The van der Waals surface area contributed by atoms with E-state index in [0.717, 1.165) is 0 Å². The number of rotatable bonds is 8. The fourth-order valence-electron chi connectivity index (χ4n) is 1.73. The third kappa shape index (κ3) is 6.05. The number of carbonyl (C=O) groups excluding carboxylic acids is 1. The molecule has 0 amide bonds. The van der Waals surface area contributed by atoms with Gasteiger partial charge in [0.1, 0.15) is 17.2 Å². The minimum atomic E-state index is -0.675. The van der Waals surface area contributed by atoms with E-state index < -0.39 is 5.97 Å². The van der Waals surface area contributed by atoms with E-state index in [9.17, 15) is 4.79 Å². The maximum atomic E-state index is 12.1. The van der Waals surface area contributed by atoms with Gasteiger partial charge in [-0.05, 0) is 26.1 Å². The number of thiocarbonyl (C=S) groups is 1. The Morgan fingerprint density at radius 3 is 2.46 bits per heavy atom. The molecule has 0 spiro atoms. The average Bonchev–Trinajstić information content (AvgIpc) is 2.60. The number of carbonyl (C=O) groups is 1. The summed E-state index contributed by atoms with van der Waals surface area (Å²) in [6.07, 6.45) is 0. The monoisotopic (exact) mass is 401 g/mol. The number of methoxy groups -OCH3 is 2. The highest BCUT2D eigenvalue weighted by molar-refractivity contribution is 7.80. The molecule has 0 aliphatic carbocycles. The highest BCUT2D eigenvalue weighted by Crippen LogP contribution is 2.35. The SMILES string of the molecule is CCOC(=O)C(=NNc1cc(OC)c(Cl)cc1OC)C(C)=NNC(N)=S. The van der Waals surface area contributed by atoms with Crippen LogP contribution >= 0.6 is 23.8 Å². The van der Waals surface area contributed by atoms with Gasteiger partial charge in [0.15, 0.2) is 10.8 Å². The van der Waals surface area contributed by atoms with Crippen molar-refractivity contribution in [1.82, 2.24) is 5.43 Å². The lowest BCUT2D eigenvalue weighted by atomic mass is 10.2. The fourth-order valence-corrected chi connectivity index (χ4v) is 2.01. The number of nitrogens with two attached hydrogens (primary N) is 1. The van der Waals surface area contributed by atoms with Crippen molar-refractivity contribution in [2.75, 3.05) is 26.3 Å². The molecule has 0 atom stereocenters. The van der Waals surface area contributed by atoms with Crippen LogP contribution < -0.4 is 26.1 Å². The zero-order valence-electron chi connectivity index (χ0n) is 14.8. The van der Waals surface area contributed by atoms with E-state index in [-0.39, 0.29) is 23.1 Å². The number of halogens is 1. The average molecular weight is 402 g/mol. The molecule has 4 N–H and O–H groups in total. The van der Waals surface area contributed by atoms with Crippen LogP contribution in [-0.2, 0) is 9.53 Å². The molecule has 0 fully saturated rings. The summed E-state index contributed by atoms with van der Waals surface area (Å²) in [7, 11) is 2.95. The standard InChI is InChI=1S/C15H20ClN5O4S/c1-5-25-14(22)13(8(2)18-21-15(17)26)20-19-10-7-11(23-3)9(16)6-12(10)24-4/h6-7,19H,5H2,1-4H3,(H3,17,21,26). The maximum absolute atomic E-state index is 12.1. The van der Waals surface area contributed by atoms with E-state index in [1.807, 2.05) is 0 Å². The summed E-state index contributed by atoms with van der Waals surface area (Å²) >= 11 is 10.7. The molecule has 0 aromatic heterocycles. The number of anilines is 1. The van der Waals surface area contributed by atoms with Crippen molar-refractivity contribution < 1.29 is 19.0 Å². The minimum absolute atomic E-state index is 0.0513. The fraction of sp³-hybridized carbons (Fsp3) is 0.333. The minimum Gasteiger partial charge on any atom is -0.495 e. The molecular weight excluding hydrogens is 382 g/mol. The molecule has 0 radical (unpaired) electrons. The molecule has 0 bridgehead atoms. The number of hydrogen-bond donors (Lipinski definition) is 3. The molecule has 142 valence electrons. The summed E-state index contributed by atoms with van der Waals surface area (Å²) in [6, 6.07) is 3.13. The molecule has 9 nitrogen and oxygen atoms in total. The van der Waals surface area contributed by atoms with Gasteiger partial charge >= 0.3 is 5.97 Å². The predicted octanol–water partition coefficient (Wildman–Crippen LogP) is 1.90. The van der Waals surface area contributed by atoms with Crippen LogP contribution in [0.1, 0.15) is 13.8 Å². The van der Waals surface area contributed by atoms with Crippen molar-refractivity contribution in [1.29, 1.82) is 0 Å². The van der Waals surface area contributed by atoms with Gasteiger partial charge in [-0.1, -0.05) is 11.6 Å². The number of nitrogens with one attached hydrogen (secondary N) is 2. The molecule has 1 aromatic carbocycles. The molecule has 1 rings (SSSR count). The molecule has 0 aliphatic heterocycles. The summed E-state index contributed by atoms with van der Waals surface area (Å²) in [5.41, 5.74) is 11.0. The number of nitrogens with zero attached hydrogens (tertiary/aromatic N) is 2. The Balaban J connectivity index is 3.23. The van der Waals surface area contributed by atoms with E-state index in [2.05, 4.69) is 33.3 Å². The second-order valence-electron chi connectivity index (χ2n) is 4.65. The Bertz CT molecular complexity index is 739. The molecule has 11 heteroatoms. The molecule has 0 unspecified atom stereocenters. The molecule has 0 saturated heterocycles. The van der Waals surface area contributed by atoms with Crippen molar-refractivity contribution in [3.05, 3.63) is 17.2 Å². The van der Waals surface area contributed by atoms with E-state index in [1.54, 1.807) is 26.0 Å². The lowest BCUT2D eigenvalue weighted by Gasteiger charge is -2.12. The van der Waals surface area contributed by atoms with Crippen LogP contribution in [0, 0.1) is 0 Å². The van der Waals surface area contributed by atoms with Gasteiger partial charge in [0.05, 0.1) is 31.6 Å². The van der Waals surface area contributed by atoms with Crippen LogP contribution in [0.3, 0.4) is 0 Å². The summed E-state index contributed by atoms with van der Waals surface area (Å²) in [5.74, 6) is 0.132. The zero-order valence-corrected chi connectivity index (χ0v) is 16.3. The summed E-state index contributed by atoms with van der Waals surface area (Å²) in [6.45, 7) is 3.39. The predicted molar refractivity (Wildman–Crippen MR) is 105 cm³/mol. The Morgan fingerprint density at radius 2 is 1.92 bits per heavy atom. The summed E-state index contributed by atoms with van der Waals surface area (Å²) in [4.78, 5) is 12.1. The molecule has 0 saturated carbocycles. The van der Waals surface area contributed by atoms with Gasteiger partial charge in [0, 0.05) is 12.1 Å². The van der Waals surface area contributed by atoms with Gasteiger partial charge in [-0.15, -0.1) is 0 Å². The van der Waals surface area contributed by atoms with Crippen molar-refractivity contribution in [3.63, 3.8) is 0 Å². The van der Waals surface area contributed by atoms with Gasteiger partial charge in [-0.3, -0.25) is 10.9 Å². The Morgan fingerprint density at radius 1 is 1.27 bits per heavy atom. The lowest BCUT2D eigenvalue weighted by molar-refractivity contribution is -0.134. The first-order valence-corrected chi connectivity index (χ1v) is 8.15. The van der Waals surface area contributed by atoms with E-state index >= 15 is 0 Å². The van der Waals surface area contributed by atoms with Crippen molar-refractivity contribution in [2.45, 2.75) is 13.8 Å². The van der Waals surface area contributed by atoms with Crippen molar-refractivity contribution >= 4 is 52.0 Å². The largest absolute Gasteiger partial charge is 0.495 e. The smallest absolute Gasteiger partial charge is 0.360 e. The molecular formula is C15H20ClN5O4S. The first-order chi connectivity index (χ1) is 12.3. The van der Waals surface area contributed by atoms with Crippen LogP contribution in [0.2, 0.25) is 5.02 Å². The summed E-state index contributed by atoms with van der Waals surface area (Å²) < 4.78 is 15.4. The number of hydrogen-bond acceptors (Lipinski definition) is 8. The highest BCUT2D eigenvalue weighted by atomic mass is 35.5. The van der Waals surface area contributed by atoms with Gasteiger partial charge in [-0.2, -0.15) is 10.2 Å². The zero-order chi connectivity index (χ0) is 19.7. The van der Waals surface area contributed by atoms with Gasteiger partial charge in [0.25, 0.3) is 0 Å². The summed E-state index contributed by atoms with van der Waals surface area (Å²) in [5, 5.41) is 8.26. The molecule has 0 heterocycles. The third-order valence-corrected chi connectivity index (χ3v) is 3.29. The quantitative estimate of drug-likeness (QED) is 0.261. The van der Waals surface area contributed by atoms with Gasteiger partial charge < -0.3 is 19.9 Å². The number of benzene rings is 1. The van der Waals surface area contributed by atoms with Crippen LogP contribution in [0.25, 0.3) is 0 Å². The molecule has 1 aromatic rings. The molecule has 26 heavy (non-hydrogen) atoms. The maximum Gasteiger partial charge on any atom is 0.360 e. The van der Waals surface area contributed by atoms with Crippen LogP contribution in [0.4, 0.5) is 5.69 Å². The highest BCUT2D eigenvalue weighted by Gasteiger charge is 2.18. The second-order valence-corrected chi connectivity index (χ2v) is 5.50. The molecule has 0 aliphatic rings. The lowest BCUT2D eigenvalue weighted by Crippen LogP contribution is -2.30. The van der Waals surface area contributed by atoms with E-state index in [4.69, 9.17) is 31.5 Å². The van der Waals surface area contributed by atoms with Crippen molar-refractivity contribution in [3.8, 4) is 11.5 Å². The second kappa shape index (κ2) is 10.4. The number of hydrazone groups is 2. The first-order valence-electron chi connectivity index (χ1n) is 7.36.